The highest BCUT2D eigenvalue weighted by atomic mass is 16.3. The largest absolute Gasteiger partial charge is 0.394 e. The van der Waals surface area contributed by atoms with E-state index in [1.54, 1.807) is 0 Å². The summed E-state index contributed by atoms with van der Waals surface area (Å²) < 4.78 is 0. The molecule has 0 unspecified atom stereocenters. The highest BCUT2D eigenvalue weighted by Gasteiger charge is 2.27. The predicted molar refractivity (Wildman–Crippen MR) is 46.1 cm³/mol. The number of aliphatic hydroxyl groups excluding tert-OH is 3. The minimum absolute atomic E-state index is 0.0574. The van der Waals surface area contributed by atoms with Gasteiger partial charge in [0, 0.05) is 7.05 Å². The molecule has 13 heavy (non-hydrogen) atoms. The van der Waals surface area contributed by atoms with Crippen molar-refractivity contribution >= 4 is 5.91 Å². The van der Waals surface area contributed by atoms with Crippen LogP contribution in [0.3, 0.4) is 0 Å². The second-order valence-corrected chi connectivity index (χ2v) is 2.78. The summed E-state index contributed by atoms with van der Waals surface area (Å²) in [5, 5.41) is 31.5. The van der Waals surface area contributed by atoms with Crippen LogP contribution in [0, 0.1) is 0 Å². The van der Waals surface area contributed by atoms with Crippen LogP contribution in [0.25, 0.3) is 0 Å². The van der Waals surface area contributed by atoms with Crippen molar-refractivity contribution in [2.24, 2.45) is 0 Å². The number of likely N-dealkylation sites (N-methyl/N-ethyl adjacent to an activating group) is 1. The zero-order chi connectivity index (χ0) is 10.3. The van der Waals surface area contributed by atoms with Crippen molar-refractivity contribution < 1.29 is 20.1 Å². The molecule has 0 aliphatic heterocycles. The quantitative estimate of drug-likeness (QED) is 0.309. The van der Waals surface area contributed by atoms with E-state index in [4.69, 9.17) is 15.3 Å². The van der Waals surface area contributed by atoms with E-state index in [2.05, 4.69) is 10.6 Å². The van der Waals surface area contributed by atoms with E-state index in [0.29, 0.717) is 0 Å². The molecule has 0 aromatic rings. The van der Waals surface area contributed by atoms with Crippen molar-refractivity contribution in [2.75, 3.05) is 33.4 Å². The van der Waals surface area contributed by atoms with Gasteiger partial charge in [-0.3, -0.25) is 10.1 Å². The molecule has 5 N–H and O–H groups in total. The third kappa shape index (κ3) is 3.69. The molecule has 1 amide bonds. The second kappa shape index (κ2) is 5.87. The van der Waals surface area contributed by atoms with Gasteiger partial charge in [-0.1, -0.05) is 0 Å². The van der Waals surface area contributed by atoms with Crippen molar-refractivity contribution in [3.63, 3.8) is 0 Å². The van der Waals surface area contributed by atoms with Gasteiger partial charge in [-0.2, -0.15) is 0 Å². The summed E-state index contributed by atoms with van der Waals surface area (Å²) in [6.45, 7) is -1.36. The number of hydrogen-bond acceptors (Lipinski definition) is 5. The first-order chi connectivity index (χ1) is 6.14. The Labute approximate surface area is 76.6 Å². The van der Waals surface area contributed by atoms with Crippen LogP contribution in [0.4, 0.5) is 0 Å². The average Bonchev–Trinajstić information content (AvgIpc) is 2.20. The standard InChI is InChI=1S/C7H16N2O4/c1-8-6(13)2-9-7(3-10,4-11)5-12/h9-12H,2-5H2,1H3,(H,8,13). The molecule has 0 atom stereocenters. The number of rotatable bonds is 6. The van der Waals surface area contributed by atoms with Crippen molar-refractivity contribution in [3.05, 3.63) is 0 Å². The molecule has 0 bridgehead atoms. The molecule has 0 aromatic heterocycles. The van der Waals surface area contributed by atoms with E-state index in [9.17, 15) is 4.79 Å². The minimum atomic E-state index is -1.19. The molecule has 6 nitrogen and oxygen atoms in total. The van der Waals surface area contributed by atoms with Crippen molar-refractivity contribution in [1.29, 1.82) is 0 Å². The lowest BCUT2D eigenvalue weighted by atomic mass is 10.0. The molecule has 0 aromatic carbocycles. The van der Waals surface area contributed by atoms with Crippen molar-refractivity contribution in [3.8, 4) is 0 Å². The van der Waals surface area contributed by atoms with E-state index in [0.717, 1.165) is 0 Å². The predicted octanol–water partition coefficient (Wildman–Crippen LogP) is -2.96. The third-order valence-corrected chi connectivity index (χ3v) is 1.81. The van der Waals surface area contributed by atoms with Gasteiger partial charge in [0.1, 0.15) is 0 Å². The molecule has 0 aliphatic rings. The summed E-state index contributed by atoms with van der Waals surface area (Å²) in [4.78, 5) is 10.8. The Bertz CT molecular complexity index is 150. The summed E-state index contributed by atoms with van der Waals surface area (Å²) in [7, 11) is 1.47. The molecule has 0 fully saturated rings. The highest BCUT2D eigenvalue weighted by Crippen LogP contribution is 2.00. The van der Waals surface area contributed by atoms with Crippen molar-refractivity contribution in [1.82, 2.24) is 10.6 Å². The highest BCUT2D eigenvalue weighted by molar-refractivity contribution is 5.77. The number of carbonyl (C=O) groups excluding carboxylic acids is 1. The number of aliphatic hydroxyl groups is 3. The second-order valence-electron chi connectivity index (χ2n) is 2.78. The molecular weight excluding hydrogens is 176 g/mol. The minimum Gasteiger partial charge on any atom is -0.394 e. The Hall–Kier alpha value is -0.690. The third-order valence-electron chi connectivity index (χ3n) is 1.81. The summed E-state index contributed by atoms with van der Waals surface area (Å²) in [5.74, 6) is -0.278. The van der Waals surface area contributed by atoms with E-state index < -0.39 is 25.4 Å². The topological polar surface area (TPSA) is 102 Å². The van der Waals surface area contributed by atoms with Gasteiger partial charge in [-0.25, -0.2) is 0 Å². The maximum Gasteiger partial charge on any atom is 0.233 e. The normalized spacial score (nSPS) is 11.4. The Balaban J connectivity index is 4.02. The zero-order valence-electron chi connectivity index (χ0n) is 7.58. The van der Waals surface area contributed by atoms with E-state index in [1.165, 1.54) is 7.05 Å². The average molecular weight is 192 g/mol. The SMILES string of the molecule is CNC(=O)CNC(CO)(CO)CO. The van der Waals surface area contributed by atoms with Crippen LogP contribution in [0.5, 0.6) is 0 Å². The number of carbonyl (C=O) groups is 1. The van der Waals surface area contributed by atoms with Gasteiger partial charge >= 0.3 is 0 Å². The summed E-state index contributed by atoms with van der Waals surface area (Å²) in [6, 6.07) is 0. The molecular formula is C7H16N2O4. The molecule has 0 aliphatic carbocycles. The number of amides is 1. The van der Waals surface area contributed by atoms with Gasteiger partial charge in [0.25, 0.3) is 0 Å². The van der Waals surface area contributed by atoms with Gasteiger partial charge in [0.05, 0.1) is 31.9 Å². The molecule has 0 spiro atoms. The summed E-state index contributed by atoms with van der Waals surface area (Å²) in [6.07, 6.45) is 0. The fraction of sp³-hybridized carbons (Fsp3) is 0.857. The summed E-state index contributed by atoms with van der Waals surface area (Å²) >= 11 is 0. The monoisotopic (exact) mass is 192 g/mol. The van der Waals surface area contributed by atoms with Crippen LogP contribution in [-0.4, -0.2) is 60.2 Å². The Morgan fingerprint density at radius 3 is 2.00 bits per heavy atom. The first kappa shape index (κ1) is 12.3. The van der Waals surface area contributed by atoms with Crippen molar-refractivity contribution in [2.45, 2.75) is 5.54 Å². The number of hydrogen-bond donors (Lipinski definition) is 5. The van der Waals surface area contributed by atoms with Crippen LogP contribution in [-0.2, 0) is 4.79 Å². The van der Waals surface area contributed by atoms with Gasteiger partial charge in [-0.15, -0.1) is 0 Å². The van der Waals surface area contributed by atoms with Crippen LogP contribution in [0.2, 0.25) is 0 Å². The van der Waals surface area contributed by atoms with Crippen LogP contribution in [0.1, 0.15) is 0 Å². The fourth-order valence-electron chi connectivity index (χ4n) is 0.674. The molecule has 78 valence electrons. The van der Waals surface area contributed by atoms with Gasteiger partial charge in [-0.05, 0) is 0 Å². The molecule has 0 saturated heterocycles. The molecule has 0 rings (SSSR count). The lowest BCUT2D eigenvalue weighted by Crippen LogP contribution is -2.57. The van der Waals surface area contributed by atoms with E-state index in [-0.39, 0.29) is 12.5 Å². The van der Waals surface area contributed by atoms with E-state index in [1.807, 2.05) is 0 Å². The zero-order valence-corrected chi connectivity index (χ0v) is 7.58. The van der Waals surface area contributed by atoms with Gasteiger partial charge < -0.3 is 20.6 Å². The Morgan fingerprint density at radius 2 is 1.69 bits per heavy atom. The maximum absolute atomic E-state index is 10.8. The van der Waals surface area contributed by atoms with Crippen LogP contribution in [0.15, 0.2) is 0 Å². The molecule has 0 heterocycles. The molecule has 0 saturated carbocycles. The first-order valence-electron chi connectivity index (χ1n) is 3.92. The molecule has 6 heteroatoms. The smallest absolute Gasteiger partial charge is 0.233 e. The first-order valence-corrected chi connectivity index (χ1v) is 3.92. The fourth-order valence-corrected chi connectivity index (χ4v) is 0.674. The lowest BCUT2D eigenvalue weighted by Gasteiger charge is -2.28. The maximum atomic E-state index is 10.8. The lowest BCUT2D eigenvalue weighted by molar-refractivity contribution is -0.120. The molecule has 0 radical (unpaired) electrons. The van der Waals surface area contributed by atoms with Gasteiger partial charge in [0.2, 0.25) is 5.91 Å². The van der Waals surface area contributed by atoms with E-state index >= 15 is 0 Å². The summed E-state index contributed by atoms with van der Waals surface area (Å²) in [5.41, 5.74) is -1.19. The Kier molecular flexibility index (Phi) is 5.56. The van der Waals surface area contributed by atoms with Gasteiger partial charge in [0.15, 0.2) is 0 Å². The number of nitrogens with one attached hydrogen (secondary N) is 2. The van der Waals surface area contributed by atoms with Crippen LogP contribution >= 0.6 is 0 Å². The van der Waals surface area contributed by atoms with Crippen LogP contribution < -0.4 is 10.6 Å². The Morgan fingerprint density at radius 1 is 1.23 bits per heavy atom.